The first kappa shape index (κ1) is 15.7. The fraction of sp³-hybridized carbons (Fsp3) is 0.500. The first-order valence-corrected chi connectivity index (χ1v) is 7.87. The molecule has 0 radical (unpaired) electrons. The summed E-state index contributed by atoms with van der Waals surface area (Å²) in [6.45, 7) is 0. The van der Waals surface area contributed by atoms with Crippen molar-refractivity contribution in [3.63, 3.8) is 0 Å². The molecule has 0 aliphatic heterocycles. The molecule has 0 aromatic heterocycles. The Morgan fingerprint density at radius 3 is 2.57 bits per heavy atom. The van der Waals surface area contributed by atoms with Crippen LogP contribution in [0.1, 0.15) is 12.8 Å². The molecule has 1 aromatic carbocycles. The lowest BCUT2D eigenvalue weighted by atomic mass is 9.90. The summed E-state index contributed by atoms with van der Waals surface area (Å²) in [6, 6.07) is 3.44. The van der Waals surface area contributed by atoms with Crippen LogP contribution in [0.25, 0.3) is 0 Å². The number of ether oxygens (including phenoxy) is 1. The summed E-state index contributed by atoms with van der Waals surface area (Å²) >= 11 is 0. The normalized spacial score (nSPS) is 21.6. The van der Waals surface area contributed by atoms with Crippen molar-refractivity contribution in [3.05, 3.63) is 28.3 Å². The zero-order valence-corrected chi connectivity index (χ0v) is 12.5. The van der Waals surface area contributed by atoms with Crippen molar-refractivity contribution < 1.29 is 18.1 Å². The molecule has 1 fully saturated rings. The molecular formula is C12H17N3O5S. The summed E-state index contributed by atoms with van der Waals surface area (Å²) in [4.78, 5) is 10.2. The molecule has 0 saturated heterocycles. The molecule has 0 atom stereocenters. The molecule has 116 valence electrons. The minimum Gasteiger partial charge on any atom is -0.387 e. The van der Waals surface area contributed by atoms with Gasteiger partial charge in [0.05, 0.1) is 16.7 Å². The van der Waals surface area contributed by atoms with Crippen molar-refractivity contribution in [2.75, 3.05) is 19.5 Å². The highest BCUT2D eigenvalue weighted by molar-refractivity contribution is 7.89. The van der Waals surface area contributed by atoms with Gasteiger partial charge in [-0.3, -0.25) is 10.1 Å². The quantitative estimate of drug-likeness (QED) is 0.600. The summed E-state index contributed by atoms with van der Waals surface area (Å²) in [5.41, 5.74) is 0.0284. The number of nitro groups is 1. The van der Waals surface area contributed by atoms with Gasteiger partial charge in [-0.1, -0.05) is 0 Å². The van der Waals surface area contributed by atoms with Crippen LogP contribution < -0.4 is 10.0 Å². The molecule has 1 saturated carbocycles. The Balaban J connectivity index is 2.21. The number of nitrogens with zero attached hydrogens (tertiary/aromatic N) is 1. The van der Waals surface area contributed by atoms with Crippen LogP contribution in [-0.2, 0) is 14.8 Å². The van der Waals surface area contributed by atoms with Crippen molar-refractivity contribution in [3.8, 4) is 0 Å². The molecule has 2 rings (SSSR count). The third-order valence-electron chi connectivity index (χ3n) is 3.48. The second-order valence-electron chi connectivity index (χ2n) is 4.83. The van der Waals surface area contributed by atoms with Gasteiger partial charge in [0.15, 0.2) is 0 Å². The Morgan fingerprint density at radius 2 is 2.05 bits per heavy atom. The molecule has 0 heterocycles. The van der Waals surface area contributed by atoms with E-state index in [4.69, 9.17) is 4.74 Å². The van der Waals surface area contributed by atoms with Gasteiger partial charge in [0.2, 0.25) is 10.0 Å². The van der Waals surface area contributed by atoms with Crippen molar-refractivity contribution in [1.29, 1.82) is 0 Å². The first-order valence-electron chi connectivity index (χ1n) is 6.38. The molecule has 9 heteroatoms. The Bertz CT molecular complexity index is 640. The van der Waals surface area contributed by atoms with Crippen LogP contribution in [0.3, 0.4) is 0 Å². The second kappa shape index (κ2) is 5.96. The predicted octanol–water partition coefficient (Wildman–Crippen LogP) is 1.09. The maximum atomic E-state index is 12.3. The highest BCUT2D eigenvalue weighted by atomic mass is 32.2. The number of non-ortho nitro benzene ring substituents is 1. The molecule has 1 aliphatic rings. The molecular weight excluding hydrogens is 298 g/mol. The predicted molar refractivity (Wildman–Crippen MR) is 76.8 cm³/mol. The van der Waals surface area contributed by atoms with Crippen molar-refractivity contribution in [2.45, 2.75) is 29.9 Å². The average molecular weight is 315 g/mol. The topological polar surface area (TPSA) is 111 Å². The standard InChI is InChI=1S/C12H17N3O5S/c1-13-11-7-9(15(16)17)3-4-12(11)21(18,19)14-8-5-10(6-8)20-2/h3-4,7-8,10,13-14H,5-6H2,1-2H3. The SMILES string of the molecule is CNc1cc([N+](=O)[O-])ccc1S(=O)(=O)NC1CC(OC)C1. The molecule has 1 aromatic rings. The molecule has 0 unspecified atom stereocenters. The Kier molecular flexibility index (Phi) is 4.45. The van der Waals surface area contributed by atoms with Crippen LogP contribution in [-0.4, -0.2) is 39.6 Å². The fourth-order valence-corrected chi connectivity index (χ4v) is 3.65. The molecule has 2 N–H and O–H groups in total. The largest absolute Gasteiger partial charge is 0.387 e. The number of hydrogen-bond acceptors (Lipinski definition) is 6. The van der Waals surface area contributed by atoms with E-state index >= 15 is 0 Å². The van der Waals surface area contributed by atoms with Gasteiger partial charge >= 0.3 is 0 Å². The fourth-order valence-electron chi connectivity index (χ4n) is 2.20. The Hall–Kier alpha value is -1.71. The van der Waals surface area contributed by atoms with Gasteiger partial charge in [0, 0.05) is 32.3 Å². The number of methoxy groups -OCH3 is 1. The molecule has 0 bridgehead atoms. The minimum atomic E-state index is -3.73. The summed E-state index contributed by atoms with van der Waals surface area (Å²) in [7, 11) is -0.624. The van der Waals surface area contributed by atoms with Crippen molar-refractivity contribution in [1.82, 2.24) is 4.72 Å². The minimum absolute atomic E-state index is 0.00327. The van der Waals surface area contributed by atoms with Gasteiger partial charge in [0.1, 0.15) is 4.90 Å². The lowest BCUT2D eigenvalue weighted by Crippen LogP contribution is -2.47. The maximum absolute atomic E-state index is 12.3. The van der Waals surface area contributed by atoms with Gasteiger partial charge in [0.25, 0.3) is 5.69 Å². The van der Waals surface area contributed by atoms with E-state index in [1.165, 1.54) is 25.2 Å². The van der Waals surface area contributed by atoms with Crippen LogP contribution >= 0.6 is 0 Å². The first-order chi connectivity index (χ1) is 9.87. The van der Waals surface area contributed by atoms with Crippen LogP contribution in [0.15, 0.2) is 23.1 Å². The molecule has 8 nitrogen and oxygen atoms in total. The van der Waals surface area contributed by atoms with E-state index < -0.39 is 14.9 Å². The number of hydrogen-bond donors (Lipinski definition) is 2. The molecule has 0 spiro atoms. The Morgan fingerprint density at radius 1 is 1.38 bits per heavy atom. The van der Waals surface area contributed by atoms with Crippen LogP contribution in [0.4, 0.5) is 11.4 Å². The van der Waals surface area contributed by atoms with E-state index in [0.29, 0.717) is 12.8 Å². The van der Waals surface area contributed by atoms with Crippen LogP contribution in [0, 0.1) is 10.1 Å². The summed E-state index contributed by atoms with van der Waals surface area (Å²) in [5.74, 6) is 0. The summed E-state index contributed by atoms with van der Waals surface area (Å²) in [6.07, 6.45) is 1.33. The van der Waals surface area contributed by atoms with Crippen LogP contribution in [0.2, 0.25) is 0 Å². The highest BCUT2D eigenvalue weighted by Crippen LogP contribution is 2.29. The lowest BCUT2D eigenvalue weighted by molar-refractivity contribution is -0.384. The number of benzene rings is 1. The van der Waals surface area contributed by atoms with Crippen molar-refractivity contribution in [2.24, 2.45) is 0 Å². The number of rotatable bonds is 6. The number of sulfonamides is 1. The van der Waals surface area contributed by atoms with E-state index in [2.05, 4.69) is 10.0 Å². The smallest absolute Gasteiger partial charge is 0.271 e. The average Bonchev–Trinajstić information content (AvgIpc) is 2.41. The molecule has 1 aliphatic carbocycles. The van der Waals surface area contributed by atoms with E-state index in [0.717, 1.165) is 0 Å². The summed E-state index contributed by atoms with van der Waals surface area (Å²) < 4.78 is 32.3. The molecule has 0 amide bonds. The molecule has 21 heavy (non-hydrogen) atoms. The van der Waals surface area contributed by atoms with Gasteiger partial charge in [-0.2, -0.15) is 0 Å². The summed E-state index contributed by atoms with van der Waals surface area (Å²) in [5, 5.41) is 13.4. The van der Waals surface area contributed by atoms with Crippen molar-refractivity contribution >= 4 is 21.4 Å². The van der Waals surface area contributed by atoms with E-state index in [9.17, 15) is 18.5 Å². The zero-order chi connectivity index (χ0) is 15.6. The zero-order valence-electron chi connectivity index (χ0n) is 11.7. The lowest BCUT2D eigenvalue weighted by Gasteiger charge is -2.34. The van der Waals surface area contributed by atoms with Gasteiger partial charge in [-0.05, 0) is 18.9 Å². The van der Waals surface area contributed by atoms with Gasteiger partial charge < -0.3 is 10.1 Å². The van der Waals surface area contributed by atoms with E-state index in [1.807, 2.05) is 0 Å². The third-order valence-corrected chi connectivity index (χ3v) is 5.06. The number of anilines is 1. The third kappa shape index (κ3) is 3.31. The van der Waals surface area contributed by atoms with Crippen LogP contribution in [0.5, 0.6) is 0 Å². The highest BCUT2D eigenvalue weighted by Gasteiger charge is 2.33. The van der Waals surface area contributed by atoms with E-state index in [1.54, 1.807) is 7.11 Å². The Labute approximate surface area is 122 Å². The van der Waals surface area contributed by atoms with Gasteiger partial charge in [-0.25, -0.2) is 13.1 Å². The number of nitrogens with one attached hydrogen (secondary N) is 2. The van der Waals surface area contributed by atoms with E-state index in [-0.39, 0.29) is 28.4 Å². The second-order valence-corrected chi connectivity index (χ2v) is 6.52. The number of nitro benzene ring substituents is 1. The van der Waals surface area contributed by atoms with Gasteiger partial charge in [-0.15, -0.1) is 0 Å². The maximum Gasteiger partial charge on any atom is 0.271 e. The monoisotopic (exact) mass is 315 g/mol.